The van der Waals surface area contributed by atoms with Crippen molar-refractivity contribution in [2.45, 2.75) is 65.7 Å². The molecule has 2 nitrogen and oxygen atoms in total. The van der Waals surface area contributed by atoms with Crippen molar-refractivity contribution < 1.29 is 4.79 Å². The highest BCUT2D eigenvalue weighted by Crippen LogP contribution is 2.17. The van der Waals surface area contributed by atoms with Gasteiger partial charge in [0, 0.05) is 12.1 Å². The van der Waals surface area contributed by atoms with Crippen molar-refractivity contribution in [3.63, 3.8) is 0 Å². The van der Waals surface area contributed by atoms with E-state index in [4.69, 9.17) is 0 Å². The van der Waals surface area contributed by atoms with E-state index in [0.717, 1.165) is 24.4 Å². The highest BCUT2D eigenvalue weighted by molar-refractivity contribution is 5.90. The monoisotopic (exact) mass is 275 g/mol. The number of hydrogen-bond donors (Lipinski definition) is 1. The van der Waals surface area contributed by atoms with Crippen LogP contribution in [0.15, 0.2) is 24.3 Å². The van der Waals surface area contributed by atoms with Gasteiger partial charge in [0.15, 0.2) is 0 Å². The smallest absolute Gasteiger partial charge is 0.224 e. The summed E-state index contributed by atoms with van der Waals surface area (Å²) in [7, 11) is 0. The molecule has 0 aliphatic heterocycles. The normalized spacial score (nSPS) is 11.1. The number of carbonyl (C=O) groups excluding carboxylic acids is 1. The Hall–Kier alpha value is -1.31. The zero-order valence-electron chi connectivity index (χ0n) is 13.4. The van der Waals surface area contributed by atoms with Gasteiger partial charge in [-0.2, -0.15) is 0 Å². The molecule has 20 heavy (non-hydrogen) atoms. The first-order chi connectivity index (χ1) is 9.49. The van der Waals surface area contributed by atoms with Crippen LogP contribution >= 0.6 is 0 Å². The maximum absolute atomic E-state index is 11.8. The second-order valence-electron chi connectivity index (χ2n) is 6.32. The van der Waals surface area contributed by atoms with Crippen LogP contribution in [0.5, 0.6) is 0 Å². The van der Waals surface area contributed by atoms with Crippen LogP contribution in [0, 0.1) is 5.92 Å². The number of carbonyl (C=O) groups is 1. The molecule has 0 fully saturated rings. The summed E-state index contributed by atoms with van der Waals surface area (Å²) in [4.78, 5) is 11.8. The third-order valence-corrected chi connectivity index (χ3v) is 3.55. The second-order valence-corrected chi connectivity index (χ2v) is 6.32. The molecular weight excluding hydrogens is 246 g/mol. The van der Waals surface area contributed by atoms with Crippen molar-refractivity contribution in [3.05, 3.63) is 29.8 Å². The number of anilines is 1. The minimum atomic E-state index is 0.131. The van der Waals surface area contributed by atoms with Gasteiger partial charge in [-0.05, 0) is 36.0 Å². The standard InChI is InChI=1S/C18H29NO/c1-14(2)8-6-5-7-9-18(20)19-17-12-10-16(11-13-17)15(3)4/h10-15H,5-9H2,1-4H3,(H,19,20). The molecule has 0 bridgehead atoms. The summed E-state index contributed by atoms with van der Waals surface area (Å²) < 4.78 is 0. The minimum absolute atomic E-state index is 0.131. The van der Waals surface area contributed by atoms with Gasteiger partial charge in [0.2, 0.25) is 5.91 Å². The molecule has 0 aliphatic carbocycles. The molecule has 0 radical (unpaired) electrons. The van der Waals surface area contributed by atoms with Gasteiger partial charge in [-0.1, -0.05) is 59.1 Å². The van der Waals surface area contributed by atoms with E-state index in [9.17, 15) is 4.79 Å². The summed E-state index contributed by atoms with van der Waals surface area (Å²) in [5, 5.41) is 2.97. The number of benzene rings is 1. The Morgan fingerprint density at radius 3 is 2.20 bits per heavy atom. The van der Waals surface area contributed by atoms with Crippen molar-refractivity contribution in [2.75, 3.05) is 5.32 Å². The number of unbranched alkanes of at least 4 members (excludes halogenated alkanes) is 2. The molecule has 0 aliphatic rings. The number of nitrogens with one attached hydrogen (secondary N) is 1. The molecule has 1 aromatic rings. The first-order valence-corrected chi connectivity index (χ1v) is 7.89. The highest BCUT2D eigenvalue weighted by Gasteiger charge is 2.04. The molecule has 0 saturated heterocycles. The van der Waals surface area contributed by atoms with Gasteiger partial charge in [0.25, 0.3) is 0 Å². The molecule has 1 aromatic carbocycles. The van der Waals surface area contributed by atoms with Gasteiger partial charge in [0.1, 0.15) is 0 Å². The molecule has 2 heteroatoms. The van der Waals surface area contributed by atoms with Gasteiger partial charge in [-0.25, -0.2) is 0 Å². The average molecular weight is 275 g/mol. The van der Waals surface area contributed by atoms with E-state index < -0.39 is 0 Å². The SMILES string of the molecule is CC(C)CCCCCC(=O)Nc1ccc(C(C)C)cc1. The summed E-state index contributed by atoms with van der Waals surface area (Å²) >= 11 is 0. The first kappa shape index (κ1) is 16.7. The lowest BCUT2D eigenvalue weighted by Gasteiger charge is -2.08. The molecule has 0 heterocycles. The fourth-order valence-corrected chi connectivity index (χ4v) is 2.19. The summed E-state index contributed by atoms with van der Waals surface area (Å²) in [6.07, 6.45) is 5.26. The van der Waals surface area contributed by atoms with Crippen molar-refractivity contribution >= 4 is 11.6 Å². The van der Waals surface area contributed by atoms with Crippen LogP contribution in [0.4, 0.5) is 5.69 Å². The first-order valence-electron chi connectivity index (χ1n) is 7.89. The van der Waals surface area contributed by atoms with E-state index in [1.54, 1.807) is 0 Å². The number of amides is 1. The molecule has 112 valence electrons. The van der Waals surface area contributed by atoms with E-state index in [0.29, 0.717) is 12.3 Å². The third kappa shape index (κ3) is 6.74. The maximum atomic E-state index is 11.8. The molecule has 1 N–H and O–H groups in total. The summed E-state index contributed by atoms with van der Waals surface area (Å²) in [6.45, 7) is 8.83. The van der Waals surface area contributed by atoms with Crippen LogP contribution in [0.25, 0.3) is 0 Å². The zero-order valence-corrected chi connectivity index (χ0v) is 13.4. The molecule has 0 aromatic heterocycles. The van der Waals surface area contributed by atoms with E-state index in [1.807, 2.05) is 12.1 Å². The van der Waals surface area contributed by atoms with Gasteiger partial charge in [0.05, 0.1) is 0 Å². The summed E-state index contributed by atoms with van der Waals surface area (Å²) in [6, 6.07) is 8.16. The lowest BCUT2D eigenvalue weighted by atomic mass is 10.0. The van der Waals surface area contributed by atoms with Crippen molar-refractivity contribution in [2.24, 2.45) is 5.92 Å². The average Bonchev–Trinajstić information content (AvgIpc) is 2.38. The minimum Gasteiger partial charge on any atom is -0.326 e. The summed E-state index contributed by atoms with van der Waals surface area (Å²) in [5.74, 6) is 1.43. The quantitative estimate of drug-likeness (QED) is 0.636. The highest BCUT2D eigenvalue weighted by atomic mass is 16.1. The van der Waals surface area contributed by atoms with Crippen LogP contribution in [-0.2, 0) is 4.79 Å². The van der Waals surface area contributed by atoms with E-state index in [2.05, 4.69) is 45.1 Å². The van der Waals surface area contributed by atoms with E-state index in [1.165, 1.54) is 18.4 Å². The molecule has 1 amide bonds. The van der Waals surface area contributed by atoms with Crippen LogP contribution < -0.4 is 5.32 Å². The molecular formula is C18H29NO. The van der Waals surface area contributed by atoms with Crippen LogP contribution in [-0.4, -0.2) is 5.91 Å². The van der Waals surface area contributed by atoms with Crippen LogP contribution in [0.2, 0.25) is 0 Å². The Bertz CT molecular complexity index is 392. The second kappa shape index (κ2) is 8.78. The lowest BCUT2D eigenvalue weighted by molar-refractivity contribution is -0.116. The molecule has 0 atom stereocenters. The molecule has 1 rings (SSSR count). The fourth-order valence-electron chi connectivity index (χ4n) is 2.19. The molecule has 0 saturated carbocycles. The lowest BCUT2D eigenvalue weighted by Crippen LogP contribution is -2.11. The van der Waals surface area contributed by atoms with Gasteiger partial charge in [-0.3, -0.25) is 4.79 Å². The Labute approximate surface area is 124 Å². The predicted octanol–water partition coefficient (Wildman–Crippen LogP) is 5.36. The van der Waals surface area contributed by atoms with E-state index in [-0.39, 0.29) is 5.91 Å². The molecule has 0 unspecified atom stereocenters. The van der Waals surface area contributed by atoms with Crippen LogP contribution in [0.3, 0.4) is 0 Å². The van der Waals surface area contributed by atoms with Crippen molar-refractivity contribution in [1.82, 2.24) is 0 Å². The fraction of sp³-hybridized carbons (Fsp3) is 0.611. The molecule has 0 spiro atoms. The largest absolute Gasteiger partial charge is 0.326 e. The summed E-state index contributed by atoms with van der Waals surface area (Å²) in [5.41, 5.74) is 2.21. The zero-order chi connectivity index (χ0) is 15.0. The Morgan fingerprint density at radius 2 is 1.65 bits per heavy atom. The topological polar surface area (TPSA) is 29.1 Å². The third-order valence-electron chi connectivity index (χ3n) is 3.55. The van der Waals surface area contributed by atoms with E-state index >= 15 is 0 Å². The van der Waals surface area contributed by atoms with Gasteiger partial charge in [-0.15, -0.1) is 0 Å². The predicted molar refractivity (Wildman–Crippen MR) is 87.1 cm³/mol. The maximum Gasteiger partial charge on any atom is 0.224 e. The number of rotatable bonds is 8. The van der Waals surface area contributed by atoms with Crippen molar-refractivity contribution in [3.8, 4) is 0 Å². The van der Waals surface area contributed by atoms with Gasteiger partial charge < -0.3 is 5.32 Å². The Kier molecular flexibility index (Phi) is 7.35. The number of hydrogen-bond acceptors (Lipinski definition) is 1. The van der Waals surface area contributed by atoms with Crippen molar-refractivity contribution in [1.29, 1.82) is 0 Å². The Balaban J connectivity index is 2.25. The Morgan fingerprint density at radius 1 is 1.00 bits per heavy atom. The van der Waals surface area contributed by atoms with Crippen LogP contribution in [0.1, 0.15) is 71.3 Å². The van der Waals surface area contributed by atoms with Gasteiger partial charge >= 0.3 is 0 Å².